The molecule has 3 aromatic rings. The Kier molecular flexibility index (Phi) is 11.1. The molecular weight excluding hydrogens is 572 g/mol. The van der Waals surface area contributed by atoms with Crippen molar-refractivity contribution >= 4 is 60.8 Å². The Morgan fingerprint density at radius 1 is 1.02 bits per heavy atom. The van der Waals surface area contributed by atoms with E-state index < -0.39 is 22.1 Å². The normalized spacial score (nSPS) is 13.2. The van der Waals surface area contributed by atoms with Crippen molar-refractivity contribution in [2.75, 3.05) is 13.1 Å². The molecule has 1 heterocycles. The molecule has 3 rings (SSSR count). The average Bonchev–Trinajstić information content (AvgIpc) is 3.30. The maximum absolute atomic E-state index is 13.1. The summed E-state index contributed by atoms with van der Waals surface area (Å²) in [5, 5.41) is 9.33. The van der Waals surface area contributed by atoms with Crippen LogP contribution in [0, 0.1) is 12.8 Å². The lowest BCUT2D eigenvalue weighted by atomic mass is 10.0. The number of hydrogen-bond donors (Lipinski definition) is 4. The number of carbonyl (C=O) groups excluding carboxylic acids is 3. The minimum absolute atomic E-state index is 0.0199. The van der Waals surface area contributed by atoms with Crippen molar-refractivity contribution in [1.82, 2.24) is 20.7 Å². The Bertz CT molecular complexity index is 1440. The predicted molar refractivity (Wildman–Crippen MR) is 159 cm³/mol. The second-order valence-corrected chi connectivity index (χ2v) is 13.2. The molecule has 216 valence electrons. The maximum atomic E-state index is 13.1. The number of hydrogen-bond acceptors (Lipinski definition) is 6. The Balaban J connectivity index is 1.65. The molecule has 0 aliphatic carbocycles. The van der Waals surface area contributed by atoms with Crippen molar-refractivity contribution in [3.05, 3.63) is 64.0 Å². The van der Waals surface area contributed by atoms with Gasteiger partial charge in [-0.1, -0.05) is 49.7 Å². The quantitative estimate of drug-likeness (QED) is 0.233. The Morgan fingerprint density at radius 2 is 1.75 bits per heavy atom. The SMILES string of the molecule is CC(=O)NC[C@@H](CCNC(=O)[C@H](CC(C)C)NC(=O)c1cc2ccccc2s1)NS(=O)(=O)c1ccc(C)cc1Cl. The highest BCUT2D eigenvalue weighted by Gasteiger charge is 2.25. The van der Waals surface area contributed by atoms with Crippen molar-refractivity contribution < 1.29 is 22.8 Å². The highest BCUT2D eigenvalue weighted by Crippen LogP contribution is 2.25. The largest absolute Gasteiger partial charge is 0.355 e. The molecule has 0 saturated carbocycles. The molecule has 2 atom stereocenters. The van der Waals surface area contributed by atoms with Crippen LogP contribution in [0.3, 0.4) is 0 Å². The van der Waals surface area contributed by atoms with Crippen LogP contribution >= 0.6 is 22.9 Å². The third kappa shape index (κ3) is 9.02. The summed E-state index contributed by atoms with van der Waals surface area (Å²) in [6.07, 6.45) is 0.615. The number of amides is 3. The van der Waals surface area contributed by atoms with Crippen molar-refractivity contribution in [3.63, 3.8) is 0 Å². The van der Waals surface area contributed by atoms with Gasteiger partial charge >= 0.3 is 0 Å². The van der Waals surface area contributed by atoms with E-state index in [1.807, 2.05) is 38.1 Å². The third-order valence-electron chi connectivity index (χ3n) is 6.07. The molecule has 0 bridgehead atoms. The van der Waals surface area contributed by atoms with Crippen molar-refractivity contribution in [1.29, 1.82) is 0 Å². The minimum atomic E-state index is -4.00. The van der Waals surface area contributed by atoms with Gasteiger partial charge in [0.2, 0.25) is 21.8 Å². The van der Waals surface area contributed by atoms with Gasteiger partial charge in [-0.25, -0.2) is 13.1 Å². The number of aryl methyl sites for hydroxylation is 1. The summed E-state index contributed by atoms with van der Waals surface area (Å²) in [6, 6.07) is 12.6. The van der Waals surface area contributed by atoms with Crippen LogP contribution in [0.25, 0.3) is 10.1 Å². The molecule has 2 aromatic carbocycles. The van der Waals surface area contributed by atoms with Crippen molar-refractivity contribution in [2.24, 2.45) is 5.92 Å². The zero-order chi connectivity index (χ0) is 29.4. The van der Waals surface area contributed by atoms with Gasteiger partial charge in [0.05, 0.1) is 9.90 Å². The van der Waals surface area contributed by atoms with Crippen LogP contribution in [0.1, 0.15) is 48.8 Å². The van der Waals surface area contributed by atoms with E-state index in [4.69, 9.17) is 11.6 Å². The molecular formula is C28H35ClN4O5S2. The molecule has 12 heteroatoms. The van der Waals surface area contributed by atoms with Gasteiger partial charge in [-0.2, -0.15) is 0 Å². The zero-order valence-electron chi connectivity index (χ0n) is 22.9. The molecule has 0 saturated heterocycles. The molecule has 0 aliphatic rings. The molecule has 40 heavy (non-hydrogen) atoms. The second-order valence-electron chi connectivity index (χ2n) is 10.1. The maximum Gasteiger partial charge on any atom is 0.262 e. The van der Waals surface area contributed by atoms with Crippen molar-refractivity contribution in [2.45, 2.75) is 57.5 Å². The number of sulfonamides is 1. The topological polar surface area (TPSA) is 133 Å². The molecule has 1 aromatic heterocycles. The minimum Gasteiger partial charge on any atom is -0.355 e. The first kappa shape index (κ1) is 31.5. The zero-order valence-corrected chi connectivity index (χ0v) is 25.3. The summed E-state index contributed by atoms with van der Waals surface area (Å²) in [6.45, 7) is 7.18. The molecule has 0 radical (unpaired) electrons. The number of fused-ring (bicyclic) bond motifs is 1. The van der Waals surface area contributed by atoms with E-state index in [0.29, 0.717) is 11.3 Å². The van der Waals surface area contributed by atoms with Crippen LogP contribution < -0.4 is 20.7 Å². The van der Waals surface area contributed by atoms with E-state index >= 15 is 0 Å². The molecule has 3 amide bonds. The van der Waals surface area contributed by atoms with Crippen LogP contribution in [0.15, 0.2) is 53.4 Å². The Morgan fingerprint density at radius 3 is 2.40 bits per heavy atom. The lowest BCUT2D eigenvalue weighted by Crippen LogP contribution is -2.49. The van der Waals surface area contributed by atoms with E-state index in [2.05, 4.69) is 20.7 Å². The summed E-state index contributed by atoms with van der Waals surface area (Å²) in [5.41, 5.74) is 0.817. The molecule has 0 aliphatic heterocycles. The monoisotopic (exact) mass is 606 g/mol. The van der Waals surface area contributed by atoms with E-state index in [0.717, 1.165) is 15.6 Å². The molecule has 0 spiro atoms. The molecule has 0 fully saturated rings. The second kappa shape index (κ2) is 14.1. The third-order valence-corrected chi connectivity index (χ3v) is 9.18. The first-order chi connectivity index (χ1) is 18.9. The average molecular weight is 607 g/mol. The van der Waals surface area contributed by atoms with E-state index in [1.165, 1.54) is 24.3 Å². The lowest BCUT2D eigenvalue weighted by molar-refractivity contribution is -0.123. The standard InChI is InChI=1S/C28H35ClN4O5S2/c1-17(2)13-23(32-28(36)25-15-20-7-5-6-8-24(20)39-25)27(35)30-12-11-21(16-31-19(4)34)33-40(37,38)26-10-9-18(3)14-22(26)29/h5-10,14-15,17,21,23,33H,11-13,16H2,1-4H3,(H,30,35)(H,31,34)(H,32,36)/t21-,23+/m1/s1. The Hall–Kier alpha value is -2.99. The van der Waals surface area contributed by atoms with Crippen LogP contribution in [0.4, 0.5) is 0 Å². The van der Waals surface area contributed by atoms with Gasteiger partial charge < -0.3 is 16.0 Å². The van der Waals surface area contributed by atoms with Gasteiger partial charge in [0, 0.05) is 30.8 Å². The number of nitrogens with one attached hydrogen (secondary N) is 4. The highest BCUT2D eigenvalue weighted by atomic mass is 35.5. The van der Waals surface area contributed by atoms with Crippen LogP contribution in [0.5, 0.6) is 0 Å². The van der Waals surface area contributed by atoms with Gasteiger partial charge in [0.25, 0.3) is 5.91 Å². The van der Waals surface area contributed by atoms with Gasteiger partial charge in [0.1, 0.15) is 10.9 Å². The van der Waals surface area contributed by atoms with E-state index in [9.17, 15) is 22.8 Å². The summed E-state index contributed by atoms with van der Waals surface area (Å²) in [7, 11) is -4.00. The number of carbonyl (C=O) groups is 3. The number of halogens is 1. The smallest absolute Gasteiger partial charge is 0.262 e. The fourth-order valence-corrected chi connectivity index (χ4v) is 6.93. The summed E-state index contributed by atoms with van der Waals surface area (Å²) in [5.74, 6) is -0.876. The summed E-state index contributed by atoms with van der Waals surface area (Å²) in [4.78, 5) is 38.0. The van der Waals surface area contributed by atoms with Gasteiger partial charge in [0.15, 0.2) is 0 Å². The first-order valence-electron chi connectivity index (χ1n) is 13.0. The summed E-state index contributed by atoms with van der Waals surface area (Å²) < 4.78 is 29.6. The van der Waals surface area contributed by atoms with E-state index in [1.54, 1.807) is 25.1 Å². The number of benzene rings is 2. The predicted octanol–water partition coefficient (Wildman–Crippen LogP) is 4.00. The summed E-state index contributed by atoms with van der Waals surface area (Å²) >= 11 is 7.54. The molecule has 4 N–H and O–H groups in total. The number of thiophene rings is 1. The fourth-order valence-electron chi connectivity index (χ4n) is 4.10. The highest BCUT2D eigenvalue weighted by molar-refractivity contribution is 7.89. The fraction of sp³-hybridized carbons (Fsp3) is 0.393. The first-order valence-corrected chi connectivity index (χ1v) is 15.6. The van der Waals surface area contributed by atoms with Gasteiger partial charge in [-0.15, -0.1) is 11.3 Å². The van der Waals surface area contributed by atoms with Crippen LogP contribution in [-0.4, -0.2) is 51.3 Å². The van der Waals surface area contributed by atoms with Crippen molar-refractivity contribution in [3.8, 4) is 0 Å². The Labute approximate surface area is 244 Å². The lowest BCUT2D eigenvalue weighted by Gasteiger charge is -2.22. The van der Waals surface area contributed by atoms with E-state index in [-0.39, 0.29) is 53.1 Å². The van der Waals surface area contributed by atoms with Gasteiger partial charge in [-0.05, 0) is 60.9 Å². The molecule has 0 unspecified atom stereocenters. The number of rotatable bonds is 13. The van der Waals surface area contributed by atoms with Crippen LogP contribution in [-0.2, 0) is 19.6 Å². The van der Waals surface area contributed by atoms with Gasteiger partial charge in [-0.3, -0.25) is 14.4 Å². The molecule has 9 nitrogen and oxygen atoms in total. The van der Waals surface area contributed by atoms with Crippen LogP contribution in [0.2, 0.25) is 5.02 Å².